The fourth-order valence-electron chi connectivity index (χ4n) is 2.55. The van der Waals surface area contributed by atoms with Crippen molar-refractivity contribution in [2.24, 2.45) is 0 Å². The summed E-state index contributed by atoms with van der Waals surface area (Å²) in [7, 11) is 3.20. The van der Waals surface area contributed by atoms with Crippen LogP contribution in [0.25, 0.3) is 11.3 Å². The Labute approximate surface area is 159 Å². The lowest BCUT2D eigenvalue weighted by Crippen LogP contribution is -2.18. The third-order valence-electron chi connectivity index (χ3n) is 3.96. The molecule has 1 aromatic heterocycles. The highest BCUT2D eigenvalue weighted by Gasteiger charge is 2.18. The number of nitrogens with zero attached hydrogens (tertiary/aromatic N) is 3. The van der Waals surface area contributed by atoms with E-state index in [9.17, 15) is 5.26 Å². The largest absolute Gasteiger partial charge is 0.493 e. The molecule has 0 amide bonds. The van der Waals surface area contributed by atoms with E-state index in [1.165, 1.54) is 6.20 Å². The summed E-state index contributed by atoms with van der Waals surface area (Å²) in [6.07, 6.45) is 4.59. The molecule has 1 heterocycles. The third-order valence-corrected chi connectivity index (χ3v) is 3.96. The van der Waals surface area contributed by atoms with Crippen LogP contribution in [0.4, 0.5) is 5.95 Å². The molecule has 0 aliphatic carbocycles. The predicted molar refractivity (Wildman–Crippen MR) is 104 cm³/mol. The number of hydrogen-bond acceptors (Lipinski definition) is 7. The second-order valence-corrected chi connectivity index (χ2v) is 5.71. The molecule has 0 aliphatic heterocycles. The molecule has 1 aromatic carbocycles. The highest BCUT2D eigenvalue weighted by Crippen LogP contribution is 2.37. The van der Waals surface area contributed by atoms with E-state index >= 15 is 0 Å². The van der Waals surface area contributed by atoms with Gasteiger partial charge in [0, 0.05) is 31.9 Å². The lowest BCUT2D eigenvalue weighted by molar-refractivity contribution is 0.120. The highest BCUT2D eigenvalue weighted by molar-refractivity contribution is 5.69. The number of benzene rings is 1. The van der Waals surface area contributed by atoms with Crippen LogP contribution in [0.5, 0.6) is 11.5 Å². The molecular formula is C20H24N4O3. The van der Waals surface area contributed by atoms with E-state index in [1.54, 1.807) is 38.6 Å². The van der Waals surface area contributed by atoms with Crippen molar-refractivity contribution in [3.05, 3.63) is 42.7 Å². The topological polar surface area (TPSA) is 89.3 Å². The van der Waals surface area contributed by atoms with Gasteiger partial charge in [-0.25, -0.2) is 9.97 Å². The van der Waals surface area contributed by atoms with Crippen LogP contribution < -0.4 is 14.8 Å². The number of anilines is 1. The van der Waals surface area contributed by atoms with E-state index in [1.807, 2.05) is 6.92 Å². The fraction of sp³-hybridized carbons (Fsp3) is 0.350. The van der Waals surface area contributed by atoms with Gasteiger partial charge in [0.15, 0.2) is 11.5 Å². The molecular weight excluding hydrogens is 344 g/mol. The minimum Gasteiger partial charge on any atom is -0.493 e. The minimum atomic E-state index is -0.0701. The van der Waals surface area contributed by atoms with Crippen molar-refractivity contribution in [3.63, 3.8) is 0 Å². The third kappa shape index (κ3) is 5.19. The molecule has 1 unspecified atom stereocenters. The van der Waals surface area contributed by atoms with Crippen LogP contribution >= 0.6 is 0 Å². The summed E-state index contributed by atoms with van der Waals surface area (Å²) in [5.74, 6) is 1.34. The van der Waals surface area contributed by atoms with Gasteiger partial charge < -0.3 is 19.5 Å². The molecule has 7 heteroatoms. The maximum Gasteiger partial charge on any atom is 0.227 e. The first-order chi connectivity index (χ1) is 13.2. The van der Waals surface area contributed by atoms with Gasteiger partial charge in [0.25, 0.3) is 0 Å². The van der Waals surface area contributed by atoms with Gasteiger partial charge in [-0.2, -0.15) is 5.26 Å². The van der Waals surface area contributed by atoms with Crippen LogP contribution in [0.15, 0.2) is 37.2 Å². The molecule has 0 radical (unpaired) electrons. The Morgan fingerprint density at radius 2 is 2.19 bits per heavy atom. The maximum absolute atomic E-state index is 9.64. The summed E-state index contributed by atoms with van der Waals surface area (Å²) in [5, 5.41) is 12.5. The second-order valence-electron chi connectivity index (χ2n) is 5.71. The Balaban J connectivity index is 2.42. The van der Waals surface area contributed by atoms with Gasteiger partial charge >= 0.3 is 0 Å². The molecule has 0 spiro atoms. The number of ether oxygens (including phenoxy) is 3. The SMILES string of the molecule is C=CNc1nccc(-c2cc(C#N)c(OC(CC)CCOC)c(OC)c2)n1. The van der Waals surface area contributed by atoms with Gasteiger partial charge in [-0.1, -0.05) is 13.5 Å². The number of nitrogens with one attached hydrogen (secondary N) is 1. The van der Waals surface area contributed by atoms with E-state index in [0.29, 0.717) is 35.3 Å². The molecule has 27 heavy (non-hydrogen) atoms. The van der Waals surface area contributed by atoms with Crippen LogP contribution in [0.2, 0.25) is 0 Å². The smallest absolute Gasteiger partial charge is 0.227 e. The Kier molecular flexibility index (Phi) is 7.59. The van der Waals surface area contributed by atoms with Crippen LogP contribution in [0, 0.1) is 11.3 Å². The highest BCUT2D eigenvalue weighted by atomic mass is 16.5. The van der Waals surface area contributed by atoms with E-state index in [4.69, 9.17) is 14.2 Å². The van der Waals surface area contributed by atoms with Crippen molar-refractivity contribution in [1.82, 2.24) is 9.97 Å². The van der Waals surface area contributed by atoms with Crippen LogP contribution in [0.1, 0.15) is 25.3 Å². The number of methoxy groups -OCH3 is 2. The van der Waals surface area contributed by atoms with Gasteiger partial charge in [0.2, 0.25) is 5.95 Å². The summed E-state index contributed by atoms with van der Waals surface area (Å²) >= 11 is 0. The van der Waals surface area contributed by atoms with Crippen molar-refractivity contribution in [2.45, 2.75) is 25.9 Å². The van der Waals surface area contributed by atoms with Gasteiger partial charge in [-0.3, -0.25) is 0 Å². The second kappa shape index (κ2) is 10.1. The quantitative estimate of drug-likeness (QED) is 0.682. The fourth-order valence-corrected chi connectivity index (χ4v) is 2.55. The molecule has 7 nitrogen and oxygen atoms in total. The van der Waals surface area contributed by atoms with E-state index in [-0.39, 0.29) is 6.10 Å². The van der Waals surface area contributed by atoms with Gasteiger partial charge in [0.1, 0.15) is 12.2 Å². The van der Waals surface area contributed by atoms with Crippen molar-refractivity contribution < 1.29 is 14.2 Å². The zero-order chi connectivity index (χ0) is 19.6. The molecule has 0 bridgehead atoms. The van der Waals surface area contributed by atoms with Gasteiger partial charge in [0.05, 0.1) is 18.4 Å². The molecule has 142 valence electrons. The summed E-state index contributed by atoms with van der Waals surface area (Å²) in [4.78, 5) is 8.53. The average Bonchev–Trinajstić information content (AvgIpc) is 2.71. The number of nitriles is 1. The molecule has 1 N–H and O–H groups in total. The van der Waals surface area contributed by atoms with E-state index in [0.717, 1.165) is 18.4 Å². The van der Waals surface area contributed by atoms with Crippen molar-refractivity contribution in [3.8, 4) is 28.8 Å². The Hall–Kier alpha value is -3.11. The molecule has 1 atom stereocenters. The first-order valence-corrected chi connectivity index (χ1v) is 8.65. The summed E-state index contributed by atoms with van der Waals surface area (Å²) in [6, 6.07) is 7.50. The van der Waals surface area contributed by atoms with Crippen molar-refractivity contribution >= 4 is 5.95 Å². The molecule has 0 aliphatic rings. The molecule has 0 fully saturated rings. The number of hydrogen-bond donors (Lipinski definition) is 1. The monoisotopic (exact) mass is 368 g/mol. The van der Waals surface area contributed by atoms with E-state index in [2.05, 4.69) is 27.9 Å². The lowest BCUT2D eigenvalue weighted by Gasteiger charge is -2.20. The van der Waals surface area contributed by atoms with Crippen molar-refractivity contribution in [2.75, 3.05) is 26.1 Å². The van der Waals surface area contributed by atoms with E-state index < -0.39 is 0 Å². The zero-order valence-electron chi connectivity index (χ0n) is 15.9. The summed E-state index contributed by atoms with van der Waals surface area (Å²) in [5.41, 5.74) is 1.77. The van der Waals surface area contributed by atoms with Gasteiger partial charge in [-0.05, 0) is 30.8 Å². The minimum absolute atomic E-state index is 0.0701. The average molecular weight is 368 g/mol. The van der Waals surface area contributed by atoms with Crippen LogP contribution in [-0.4, -0.2) is 36.9 Å². The normalized spacial score (nSPS) is 11.3. The maximum atomic E-state index is 9.64. The van der Waals surface area contributed by atoms with Crippen LogP contribution in [0.3, 0.4) is 0 Å². The lowest BCUT2D eigenvalue weighted by atomic mass is 10.1. The molecule has 0 saturated carbocycles. The van der Waals surface area contributed by atoms with Crippen LogP contribution in [-0.2, 0) is 4.74 Å². The molecule has 2 aromatic rings. The Bertz CT molecular complexity index is 817. The van der Waals surface area contributed by atoms with Crippen molar-refractivity contribution in [1.29, 1.82) is 5.26 Å². The molecule has 2 rings (SSSR count). The standard InChI is InChI=1S/C20H24N4O3/c1-5-16(8-10-25-3)27-19-15(13-21)11-14(12-18(19)26-4)17-7-9-23-20(24-17)22-6-2/h6-7,9,11-12,16H,2,5,8,10H2,1,3-4H3,(H,22,23,24). The predicted octanol–water partition coefficient (Wildman–Crippen LogP) is 3.77. The number of aromatic nitrogens is 2. The van der Waals surface area contributed by atoms with Gasteiger partial charge in [-0.15, -0.1) is 0 Å². The summed E-state index contributed by atoms with van der Waals surface area (Å²) < 4.78 is 16.7. The summed E-state index contributed by atoms with van der Waals surface area (Å²) in [6.45, 7) is 6.22. The zero-order valence-corrected chi connectivity index (χ0v) is 15.9. The number of rotatable bonds is 10. The Morgan fingerprint density at radius 3 is 2.81 bits per heavy atom. The first-order valence-electron chi connectivity index (χ1n) is 8.65. The Morgan fingerprint density at radius 1 is 1.37 bits per heavy atom. The molecule has 0 saturated heterocycles. The first kappa shape index (κ1) is 20.2.